The van der Waals surface area contributed by atoms with E-state index in [4.69, 9.17) is 4.74 Å². The SMILES string of the molecule is CN=C(NCc1ccccc1S(=O)(=O)NC(C)(C)C)N(C)CC1CCOC1. The summed E-state index contributed by atoms with van der Waals surface area (Å²) < 4.78 is 33.7. The average Bonchev–Trinajstić information content (AvgIpc) is 3.06. The Bertz CT molecular complexity index is 750. The molecule has 0 saturated carbocycles. The van der Waals surface area contributed by atoms with Crippen molar-refractivity contribution in [3.05, 3.63) is 29.8 Å². The highest BCUT2D eigenvalue weighted by molar-refractivity contribution is 7.89. The second-order valence-electron chi connectivity index (χ2n) is 7.97. The minimum atomic E-state index is -3.60. The zero-order chi connectivity index (χ0) is 20.1. The van der Waals surface area contributed by atoms with Crippen molar-refractivity contribution >= 4 is 16.0 Å². The molecule has 2 N–H and O–H groups in total. The molecule has 152 valence electrons. The van der Waals surface area contributed by atoms with Crippen molar-refractivity contribution in [1.29, 1.82) is 0 Å². The highest BCUT2D eigenvalue weighted by atomic mass is 32.2. The van der Waals surface area contributed by atoms with Gasteiger partial charge in [0.2, 0.25) is 10.0 Å². The van der Waals surface area contributed by atoms with E-state index in [2.05, 4.69) is 19.9 Å². The number of aliphatic imine (C=N–C) groups is 1. The first kappa shape index (κ1) is 21.7. The number of benzene rings is 1. The van der Waals surface area contributed by atoms with Gasteiger partial charge in [0, 0.05) is 45.2 Å². The van der Waals surface area contributed by atoms with Crippen LogP contribution in [-0.4, -0.2) is 58.7 Å². The Kier molecular flexibility index (Phi) is 7.25. The maximum absolute atomic E-state index is 12.8. The van der Waals surface area contributed by atoms with Crippen molar-refractivity contribution in [3.63, 3.8) is 0 Å². The number of nitrogens with one attached hydrogen (secondary N) is 2. The van der Waals surface area contributed by atoms with Gasteiger partial charge in [-0.1, -0.05) is 18.2 Å². The van der Waals surface area contributed by atoms with Crippen LogP contribution in [-0.2, 0) is 21.3 Å². The van der Waals surface area contributed by atoms with Crippen molar-refractivity contribution in [2.24, 2.45) is 10.9 Å². The topological polar surface area (TPSA) is 83.0 Å². The largest absolute Gasteiger partial charge is 0.381 e. The third kappa shape index (κ3) is 6.48. The molecule has 0 aromatic heterocycles. The van der Waals surface area contributed by atoms with Crippen molar-refractivity contribution in [2.75, 3.05) is 33.9 Å². The Labute approximate surface area is 163 Å². The predicted octanol–water partition coefficient (Wildman–Crippen LogP) is 1.81. The molecule has 0 spiro atoms. The van der Waals surface area contributed by atoms with E-state index < -0.39 is 15.6 Å². The summed E-state index contributed by atoms with van der Waals surface area (Å²) >= 11 is 0. The third-order valence-electron chi connectivity index (χ3n) is 4.27. The van der Waals surface area contributed by atoms with Crippen LogP contribution in [0.4, 0.5) is 0 Å². The molecule has 7 nitrogen and oxygen atoms in total. The molecule has 0 radical (unpaired) electrons. The van der Waals surface area contributed by atoms with Crippen LogP contribution in [0, 0.1) is 5.92 Å². The van der Waals surface area contributed by atoms with Crippen LogP contribution in [0.3, 0.4) is 0 Å². The van der Waals surface area contributed by atoms with Gasteiger partial charge in [0.25, 0.3) is 0 Å². The molecule has 1 fully saturated rings. The Hall–Kier alpha value is -1.64. The Morgan fingerprint density at radius 2 is 2.04 bits per heavy atom. The summed E-state index contributed by atoms with van der Waals surface area (Å²) in [5, 5.41) is 3.28. The van der Waals surface area contributed by atoms with Crippen LogP contribution in [0.25, 0.3) is 0 Å². The molecule has 1 aliphatic rings. The summed E-state index contributed by atoms with van der Waals surface area (Å²) in [5.74, 6) is 1.23. The number of nitrogens with zero attached hydrogens (tertiary/aromatic N) is 2. The standard InChI is InChI=1S/C19H32N4O3S/c1-19(2,3)22-27(24,25)17-9-7-6-8-16(17)12-21-18(20-4)23(5)13-15-10-11-26-14-15/h6-9,15,22H,10-14H2,1-5H3,(H,20,21). The second kappa shape index (κ2) is 9.03. The van der Waals surface area contributed by atoms with E-state index in [1.807, 2.05) is 40.0 Å². The van der Waals surface area contributed by atoms with Crippen molar-refractivity contribution < 1.29 is 13.2 Å². The van der Waals surface area contributed by atoms with Gasteiger partial charge in [-0.15, -0.1) is 0 Å². The third-order valence-corrected chi connectivity index (χ3v) is 6.13. The number of hydrogen-bond donors (Lipinski definition) is 2. The van der Waals surface area contributed by atoms with Crippen LogP contribution in [0.5, 0.6) is 0 Å². The number of rotatable bonds is 6. The summed E-state index contributed by atoms with van der Waals surface area (Å²) in [6.45, 7) is 8.31. The predicted molar refractivity (Wildman–Crippen MR) is 108 cm³/mol. The fourth-order valence-corrected chi connectivity index (χ4v) is 4.79. The second-order valence-corrected chi connectivity index (χ2v) is 9.62. The summed E-state index contributed by atoms with van der Waals surface area (Å²) in [4.78, 5) is 6.67. The van der Waals surface area contributed by atoms with Gasteiger partial charge in [0.1, 0.15) is 0 Å². The van der Waals surface area contributed by atoms with Gasteiger partial charge in [-0.05, 0) is 38.8 Å². The first-order chi connectivity index (χ1) is 12.6. The van der Waals surface area contributed by atoms with E-state index in [0.717, 1.165) is 32.1 Å². The first-order valence-corrected chi connectivity index (χ1v) is 10.7. The Morgan fingerprint density at radius 1 is 1.33 bits per heavy atom. The molecule has 8 heteroatoms. The molecular weight excluding hydrogens is 364 g/mol. The normalized spacial score (nSPS) is 18.6. The lowest BCUT2D eigenvalue weighted by Gasteiger charge is -2.25. The van der Waals surface area contributed by atoms with Gasteiger partial charge >= 0.3 is 0 Å². The monoisotopic (exact) mass is 396 g/mol. The fourth-order valence-electron chi connectivity index (χ4n) is 3.13. The van der Waals surface area contributed by atoms with Crippen molar-refractivity contribution in [3.8, 4) is 0 Å². The van der Waals surface area contributed by atoms with Gasteiger partial charge in [-0.3, -0.25) is 4.99 Å². The zero-order valence-electron chi connectivity index (χ0n) is 16.9. The Morgan fingerprint density at radius 3 is 2.63 bits per heavy atom. The minimum Gasteiger partial charge on any atom is -0.381 e. The molecule has 27 heavy (non-hydrogen) atoms. The molecule has 1 aromatic rings. The van der Waals surface area contributed by atoms with Crippen LogP contribution < -0.4 is 10.0 Å². The molecule has 0 amide bonds. The van der Waals surface area contributed by atoms with Gasteiger partial charge in [0.15, 0.2) is 5.96 Å². The molecule has 1 aliphatic heterocycles. The average molecular weight is 397 g/mol. The van der Waals surface area contributed by atoms with Gasteiger partial charge in [-0.25, -0.2) is 13.1 Å². The lowest BCUT2D eigenvalue weighted by Crippen LogP contribution is -2.42. The maximum atomic E-state index is 12.8. The number of sulfonamides is 1. The molecule has 0 bridgehead atoms. The van der Waals surface area contributed by atoms with Crippen LogP contribution in [0.2, 0.25) is 0 Å². The van der Waals surface area contributed by atoms with Crippen LogP contribution in [0.15, 0.2) is 34.2 Å². The number of guanidine groups is 1. The van der Waals surface area contributed by atoms with Crippen LogP contribution >= 0.6 is 0 Å². The highest BCUT2D eigenvalue weighted by Crippen LogP contribution is 2.18. The van der Waals surface area contributed by atoms with Crippen molar-refractivity contribution in [2.45, 2.75) is 44.2 Å². The van der Waals surface area contributed by atoms with Gasteiger partial charge < -0.3 is 15.0 Å². The zero-order valence-corrected chi connectivity index (χ0v) is 17.8. The highest BCUT2D eigenvalue weighted by Gasteiger charge is 2.24. The Balaban J connectivity index is 2.08. The fraction of sp³-hybridized carbons (Fsp3) is 0.632. The minimum absolute atomic E-state index is 0.287. The quantitative estimate of drug-likeness (QED) is 0.566. The number of hydrogen-bond acceptors (Lipinski definition) is 4. The van der Waals surface area contributed by atoms with E-state index >= 15 is 0 Å². The number of ether oxygens (including phenoxy) is 1. The van der Waals surface area contributed by atoms with Gasteiger partial charge in [-0.2, -0.15) is 0 Å². The molecular formula is C19H32N4O3S. The lowest BCUT2D eigenvalue weighted by atomic mass is 10.1. The molecule has 1 unspecified atom stereocenters. The molecule has 1 atom stereocenters. The maximum Gasteiger partial charge on any atom is 0.241 e. The molecule has 2 rings (SSSR count). The van der Waals surface area contributed by atoms with Gasteiger partial charge in [0.05, 0.1) is 11.5 Å². The summed E-state index contributed by atoms with van der Waals surface area (Å²) in [5.41, 5.74) is 0.159. The van der Waals surface area contributed by atoms with Crippen LogP contribution in [0.1, 0.15) is 32.8 Å². The van der Waals surface area contributed by atoms with E-state index in [0.29, 0.717) is 18.0 Å². The lowest BCUT2D eigenvalue weighted by molar-refractivity contribution is 0.181. The molecule has 1 saturated heterocycles. The summed E-state index contributed by atoms with van der Waals surface area (Å²) in [7, 11) is 0.111. The van der Waals surface area contributed by atoms with E-state index in [9.17, 15) is 8.42 Å². The molecule has 1 heterocycles. The van der Waals surface area contributed by atoms with E-state index in [1.165, 1.54) is 0 Å². The molecule has 1 aromatic carbocycles. The van der Waals surface area contributed by atoms with E-state index in [-0.39, 0.29) is 4.90 Å². The summed E-state index contributed by atoms with van der Waals surface area (Å²) in [6, 6.07) is 7.03. The first-order valence-electron chi connectivity index (χ1n) is 9.24. The van der Waals surface area contributed by atoms with Crippen molar-refractivity contribution in [1.82, 2.24) is 14.9 Å². The molecule has 0 aliphatic carbocycles. The smallest absolute Gasteiger partial charge is 0.241 e. The summed E-state index contributed by atoms with van der Waals surface area (Å²) in [6.07, 6.45) is 1.06. The van der Waals surface area contributed by atoms with E-state index in [1.54, 1.807) is 19.2 Å².